The van der Waals surface area contributed by atoms with E-state index in [2.05, 4.69) is 30.0 Å². The zero-order valence-corrected chi connectivity index (χ0v) is 11.6. The fourth-order valence-corrected chi connectivity index (χ4v) is 2.82. The Bertz CT molecular complexity index is 367. The summed E-state index contributed by atoms with van der Waals surface area (Å²) in [5.41, 5.74) is 9.96. The van der Waals surface area contributed by atoms with Gasteiger partial charge in [-0.05, 0) is 63.6 Å². The second-order valence-electron chi connectivity index (χ2n) is 5.43. The van der Waals surface area contributed by atoms with E-state index >= 15 is 0 Å². The Morgan fingerprint density at radius 2 is 1.89 bits per heavy atom. The van der Waals surface area contributed by atoms with E-state index in [1.165, 1.54) is 62.0 Å². The second kappa shape index (κ2) is 6.79. The molecule has 0 amide bonds. The number of piperidine rings is 1. The highest BCUT2D eigenvalue weighted by molar-refractivity contribution is 5.55. The van der Waals surface area contributed by atoms with Crippen LogP contribution in [0.1, 0.15) is 43.2 Å². The Morgan fingerprint density at radius 1 is 1.11 bits per heavy atom. The summed E-state index contributed by atoms with van der Waals surface area (Å²) < 4.78 is 0. The van der Waals surface area contributed by atoms with E-state index in [-0.39, 0.29) is 0 Å². The highest BCUT2D eigenvalue weighted by atomic mass is 15.1. The van der Waals surface area contributed by atoms with Crippen LogP contribution in [0.4, 0.5) is 5.69 Å². The van der Waals surface area contributed by atoms with Crippen LogP contribution in [0.25, 0.3) is 0 Å². The van der Waals surface area contributed by atoms with Crippen molar-refractivity contribution in [3.05, 3.63) is 29.3 Å². The molecule has 1 heterocycles. The molecule has 0 spiro atoms. The average molecular weight is 246 g/mol. The Hall–Kier alpha value is -1.02. The van der Waals surface area contributed by atoms with Crippen molar-refractivity contribution in [1.82, 2.24) is 0 Å². The van der Waals surface area contributed by atoms with Crippen molar-refractivity contribution in [2.24, 2.45) is 5.73 Å². The number of benzene rings is 1. The highest BCUT2D eigenvalue weighted by Gasteiger charge is 2.14. The number of nitrogens with zero attached hydrogens (tertiary/aromatic N) is 1. The lowest BCUT2D eigenvalue weighted by Gasteiger charge is -2.31. The Kier molecular flexibility index (Phi) is 5.06. The molecule has 1 aromatic rings. The van der Waals surface area contributed by atoms with E-state index in [0.29, 0.717) is 0 Å². The number of anilines is 1. The molecule has 2 N–H and O–H groups in total. The first kappa shape index (κ1) is 13.4. The van der Waals surface area contributed by atoms with Crippen LogP contribution in [-0.4, -0.2) is 19.6 Å². The van der Waals surface area contributed by atoms with Gasteiger partial charge in [0.15, 0.2) is 0 Å². The maximum Gasteiger partial charge on any atom is 0.0398 e. The fourth-order valence-electron chi connectivity index (χ4n) is 2.82. The molecule has 1 aliphatic rings. The molecule has 0 unspecified atom stereocenters. The predicted molar refractivity (Wildman–Crippen MR) is 79.2 cm³/mol. The fraction of sp³-hybridized carbons (Fsp3) is 0.625. The van der Waals surface area contributed by atoms with Crippen LogP contribution in [0.3, 0.4) is 0 Å². The van der Waals surface area contributed by atoms with E-state index in [4.69, 9.17) is 5.73 Å². The monoisotopic (exact) mass is 246 g/mol. The van der Waals surface area contributed by atoms with E-state index < -0.39 is 0 Å². The van der Waals surface area contributed by atoms with Crippen molar-refractivity contribution in [2.45, 2.75) is 45.4 Å². The Balaban J connectivity index is 2.11. The van der Waals surface area contributed by atoms with Gasteiger partial charge in [0.05, 0.1) is 0 Å². The molecule has 18 heavy (non-hydrogen) atoms. The number of rotatable bonds is 5. The summed E-state index contributed by atoms with van der Waals surface area (Å²) in [6, 6.07) is 6.93. The summed E-state index contributed by atoms with van der Waals surface area (Å²) in [5.74, 6) is 0. The van der Waals surface area contributed by atoms with Crippen LogP contribution in [0.15, 0.2) is 18.2 Å². The van der Waals surface area contributed by atoms with Crippen molar-refractivity contribution in [3.8, 4) is 0 Å². The van der Waals surface area contributed by atoms with Crippen molar-refractivity contribution in [1.29, 1.82) is 0 Å². The summed E-state index contributed by atoms with van der Waals surface area (Å²) in [4.78, 5) is 2.57. The number of aryl methyl sites for hydroxylation is 2. The van der Waals surface area contributed by atoms with Gasteiger partial charge in [0.1, 0.15) is 0 Å². The normalized spacial score (nSPS) is 16.0. The van der Waals surface area contributed by atoms with Gasteiger partial charge in [0, 0.05) is 18.8 Å². The van der Waals surface area contributed by atoms with Crippen molar-refractivity contribution in [3.63, 3.8) is 0 Å². The molecular weight excluding hydrogens is 220 g/mol. The number of hydrogen-bond acceptors (Lipinski definition) is 2. The molecule has 1 saturated heterocycles. The first-order chi connectivity index (χ1) is 8.81. The molecule has 2 nitrogen and oxygen atoms in total. The van der Waals surface area contributed by atoms with Crippen molar-refractivity contribution < 1.29 is 0 Å². The minimum atomic E-state index is 0.810. The lowest BCUT2D eigenvalue weighted by molar-refractivity contribution is 0.575. The SMILES string of the molecule is Cc1ccc(N2CCCCC2)c(CCCCN)c1. The molecule has 1 fully saturated rings. The third-order valence-electron chi connectivity index (χ3n) is 3.83. The lowest BCUT2D eigenvalue weighted by atomic mass is 10.0. The first-order valence-corrected chi connectivity index (χ1v) is 7.36. The molecule has 2 rings (SSSR count). The maximum atomic E-state index is 5.59. The van der Waals surface area contributed by atoms with E-state index in [0.717, 1.165) is 13.0 Å². The molecule has 0 radical (unpaired) electrons. The predicted octanol–water partition coefficient (Wildman–Crippen LogP) is 3.27. The molecule has 1 aromatic carbocycles. The first-order valence-electron chi connectivity index (χ1n) is 7.36. The lowest BCUT2D eigenvalue weighted by Crippen LogP contribution is -2.30. The van der Waals surface area contributed by atoms with Crippen LogP contribution in [0, 0.1) is 6.92 Å². The van der Waals surface area contributed by atoms with Gasteiger partial charge in [-0.15, -0.1) is 0 Å². The molecule has 1 aliphatic heterocycles. The van der Waals surface area contributed by atoms with Gasteiger partial charge in [-0.1, -0.05) is 17.7 Å². The number of hydrogen-bond donors (Lipinski definition) is 1. The van der Waals surface area contributed by atoms with Crippen LogP contribution < -0.4 is 10.6 Å². The number of nitrogens with two attached hydrogens (primary N) is 1. The minimum Gasteiger partial charge on any atom is -0.371 e. The molecule has 0 atom stereocenters. The van der Waals surface area contributed by atoms with Crippen LogP contribution in [-0.2, 0) is 6.42 Å². The van der Waals surface area contributed by atoms with E-state index in [9.17, 15) is 0 Å². The van der Waals surface area contributed by atoms with Gasteiger partial charge in [-0.3, -0.25) is 0 Å². The molecule has 0 aromatic heterocycles. The summed E-state index contributed by atoms with van der Waals surface area (Å²) in [6.45, 7) is 5.46. The number of unbranched alkanes of at least 4 members (excludes halogenated alkanes) is 1. The summed E-state index contributed by atoms with van der Waals surface area (Å²) >= 11 is 0. The van der Waals surface area contributed by atoms with Crippen LogP contribution in [0.2, 0.25) is 0 Å². The van der Waals surface area contributed by atoms with Gasteiger partial charge in [-0.2, -0.15) is 0 Å². The summed E-state index contributed by atoms with van der Waals surface area (Å²) in [6.07, 6.45) is 7.59. The van der Waals surface area contributed by atoms with Gasteiger partial charge in [0.25, 0.3) is 0 Å². The standard InChI is InChI=1S/C16H26N2/c1-14-8-9-16(18-11-5-2-6-12-18)15(13-14)7-3-4-10-17/h8-9,13H,2-7,10-12,17H2,1H3. The molecular formula is C16H26N2. The summed E-state index contributed by atoms with van der Waals surface area (Å²) in [7, 11) is 0. The highest BCUT2D eigenvalue weighted by Crippen LogP contribution is 2.26. The second-order valence-corrected chi connectivity index (χ2v) is 5.43. The van der Waals surface area contributed by atoms with E-state index in [1.807, 2.05) is 0 Å². The molecule has 100 valence electrons. The van der Waals surface area contributed by atoms with Crippen LogP contribution >= 0.6 is 0 Å². The molecule has 0 saturated carbocycles. The van der Waals surface area contributed by atoms with Gasteiger partial charge in [0.2, 0.25) is 0 Å². The van der Waals surface area contributed by atoms with E-state index in [1.54, 1.807) is 0 Å². The van der Waals surface area contributed by atoms with Crippen molar-refractivity contribution >= 4 is 5.69 Å². The maximum absolute atomic E-state index is 5.59. The van der Waals surface area contributed by atoms with Gasteiger partial charge >= 0.3 is 0 Å². The minimum absolute atomic E-state index is 0.810. The van der Waals surface area contributed by atoms with Crippen LogP contribution in [0.5, 0.6) is 0 Å². The molecule has 0 aliphatic carbocycles. The molecule has 0 bridgehead atoms. The molecule has 2 heteroatoms. The average Bonchev–Trinajstić information content (AvgIpc) is 2.40. The summed E-state index contributed by atoms with van der Waals surface area (Å²) in [5, 5.41) is 0. The third kappa shape index (κ3) is 3.49. The van der Waals surface area contributed by atoms with Gasteiger partial charge < -0.3 is 10.6 Å². The zero-order valence-electron chi connectivity index (χ0n) is 11.6. The Labute approximate surface area is 111 Å². The Morgan fingerprint density at radius 3 is 2.61 bits per heavy atom. The third-order valence-corrected chi connectivity index (χ3v) is 3.83. The largest absolute Gasteiger partial charge is 0.371 e. The smallest absolute Gasteiger partial charge is 0.0398 e. The zero-order chi connectivity index (χ0) is 12.8. The topological polar surface area (TPSA) is 29.3 Å². The van der Waals surface area contributed by atoms with Crippen molar-refractivity contribution in [2.75, 3.05) is 24.5 Å². The van der Waals surface area contributed by atoms with Gasteiger partial charge in [-0.25, -0.2) is 0 Å². The quantitative estimate of drug-likeness (QED) is 0.808.